The van der Waals surface area contributed by atoms with Crippen molar-refractivity contribution in [2.24, 2.45) is 11.8 Å². The Bertz CT molecular complexity index is 514. The molecule has 0 aromatic heterocycles. The molecule has 0 amide bonds. The van der Waals surface area contributed by atoms with E-state index < -0.39 is 12.0 Å². The van der Waals surface area contributed by atoms with E-state index >= 15 is 0 Å². The fraction of sp³-hybridized carbons (Fsp3) is 0.533. The van der Waals surface area contributed by atoms with E-state index in [0.29, 0.717) is 22.5 Å². The highest BCUT2D eigenvalue weighted by Gasteiger charge is 2.47. The van der Waals surface area contributed by atoms with Gasteiger partial charge in [0, 0.05) is 28.7 Å². The number of hydrogen-bond acceptors (Lipinski definition) is 2. The standard InChI is InChI=1S/C15H17Cl2NO2/c16-12-5-2-6-13(17)11(12)8-18-7-9-3-1-4-10(9)14(18)15(19)20/h2,5-6,9-10,14H,1,3-4,7-8H2,(H,19,20). The number of likely N-dealkylation sites (tertiary alicyclic amines) is 1. The van der Waals surface area contributed by atoms with Gasteiger partial charge in [0.1, 0.15) is 6.04 Å². The molecule has 3 rings (SSSR count). The highest BCUT2D eigenvalue weighted by atomic mass is 35.5. The van der Waals surface area contributed by atoms with E-state index in [1.165, 1.54) is 0 Å². The van der Waals surface area contributed by atoms with E-state index in [9.17, 15) is 9.90 Å². The van der Waals surface area contributed by atoms with Crippen molar-refractivity contribution in [3.8, 4) is 0 Å². The zero-order chi connectivity index (χ0) is 14.3. The number of benzene rings is 1. The number of fused-ring (bicyclic) bond motifs is 1. The molecule has 2 aliphatic rings. The zero-order valence-electron chi connectivity index (χ0n) is 11.1. The third kappa shape index (κ3) is 2.43. The van der Waals surface area contributed by atoms with Crippen LogP contribution in [0.4, 0.5) is 0 Å². The summed E-state index contributed by atoms with van der Waals surface area (Å²) in [6, 6.07) is 5.02. The van der Waals surface area contributed by atoms with Gasteiger partial charge in [0.25, 0.3) is 0 Å². The lowest BCUT2D eigenvalue weighted by Crippen LogP contribution is -2.39. The lowest BCUT2D eigenvalue weighted by atomic mass is 9.94. The molecule has 0 bridgehead atoms. The van der Waals surface area contributed by atoms with E-state index in [-0.39, 0.29) is 5.92 Å². The van der Waals surface area contributed by atoms with Crippen LogP contribution < -0.4 is 0 Å². The Morgan fingerprint density at radius 3 is 2.65 bits per heavy atom. The molecular weight excluding hydrogens is 297 g/mol. The van der Waals surface area contributed by atoms with Gasteiger partial charge in [-0.05, 0) is 36.8 Å². The molecule has 1 aromatic rings. The maximum Gasteiger partial charge on any atom is 0.321 e. The third-order valence-electron chi connectivity index (χ3n) is 4.66. The third-order valence-corrected chi connectivity index (χ3v) is 5.37. The quantitative estimate of drug-likeness (QED) is 0.925. The van der Waals surface area contributed by atoms with Crippen molar-refractivity contribution in [2.75, 3.05) is 6.54 Å². The first kappa shape index (κ1) is 14.2. The molecule has 1 aromatic carbocycles. The number of carboxylic acids is 1. The summed E-state index contributed by atoms with van der Waals surface area (Å²) in [5, 5.41) is 10.8. The molecule has 3 nitrogen and oxygen atoms in total. The van der Waals surface area contributed by atoms with Crippen molar-refractivity contribution < 1.29 is 9.90 Å². The Morgan fingerprint density at radius 1 is 1.30 bits per heavy atom. The summed E-state index contributed by atoms with van der Waals surface area (Å²) in [5.41, 5.74) is 0.835. The lowest BCUT2D eigenvalue weighted by molar-refractivity contribution is -0.143. The Kier molecular flexibility index (Phi) is 3.93. The first-order valence-electron chi connectivity index (χ1n) is 6.97. The van der Waals surface area contributed by atoms with E-state index in [1.807, 2.05) is 11.0 Å². The molecule has 1 aliphatic heterocycles. The maximum atomic E-state index is 11.6. The van der Waals surface area contributed by atoms with Gasteiger partial charge < -0.3 is 5.11 Å². The number of rotatable bonds is 3. The fourth-order valence-electron chi connectivity index (χ4n) is 3.78. The summed E-state index contributed by atoms with van der Waals surface area (Å²) in [4.78, 5) is 13.6. The molecule has 3 atom stereocenters. The van der Waals surface area contributed by atoms with Crippen LogP contribution in [0.5, 0.6) is 0 Å². The van der Waals surface area contributed by atoms with Gasteiger partial charge in [0.2, 0.25) is 0 Å². The van der Waals surface area contributed by atoms with Gasteiger partial charge in [-0.15, -0.1) is 0 Å². The van der Waals surface area contributed by atoms with Crippen LogP contribution in [0.3, 0.4) is 0 Å². The first-order valence-corrected chi connectivity index (χ1v) is 7.73. The number of nitrogens with zero attached hydrogens (tertiary/aromatic N) is 1. The molecule has 108 valence electrons. The van der Waals surface area contributed by atoms with Crippen LogP contribution in [-0.2, 0) is 11.3 Å². The van der Waals surface area contributed by atoms with Gasteiger partial charge in [-0.25, -0.2) is 0 Å². The molecule has 20 heavy (non-hydrogen) atoms. The maximum absolute atomic E-state index is 11.6. The number of hydrogen-bond donors (Lipinski definition) is 1. The van der Waals surface area contributed by atoms with E-state index in [2.05, 4.69) is 0 Å². The van der Waals surface area contributed by atoms with Crippen LogP contribution in [0.25, 0.3) is 0 Å². The molecule has 2 fully saturated rings. The Labute approximate surface area is 128 Å². The second kappa shape index (κ2) is 5.55. The minimum absolute atomic E-state index is 0.286. The summed E-state index contributed by atoms with van der Waals surface area (Å²) >= 11 is 12.4. The average Bonchev–Trinajstić information content (AvgIpc) is 2.93. The SMILES string of the molecule is O=C(O)C1C2CCCC2CN1Cc1c(Cl)cccc1Cl. The van der Waals surface area contributed by atoms with Crippen molar-refractivity contribution in [3.05, 3.63) is 33.8 Å². The molecule has 3 unspecified atom stereocenters. The number of carbonyl (C=O) groups is 1. The normalized spacial score (nSPS) is 29.6. The van der Waals surface area contributed by atoms with Gasteiger partial charge in [-0.2, -0.15) is 0 Å². The Balaban J connectivity index is 1.85. The van der Waals surface area contributed by atoms with Crippen LogP contribution in [0.1, 0.15) is 24.8 Å². The molecule has 0 spiro atoms. The van der Waals surface area contributed by atoms with Crippen LogP contribution >= 0.6 is 23.2 Å². The second-order valence-corrected chi connectivity index (χ2v) is 6.58. The molecule has 5 heteroatoms. The molecule has 0 radical (unpaired) electrons. The zero-order valence-corrected chi connectivity index (χ0v) is 12.6. The monoisotopic (exact) mass is 313 g/mol. The highest BCUT2D eigenvalue weighted by molar-refractivity contribution is 6.35. The van der Waals surface area contributed by atoms with Crippen LogP contribution in [-0.4, -0.2) is 28.6 Å². The summed E-state index contributed by atoms with van der Waals surface area (Å²) in [6.07, 6.45) is 3.31. The minimum atomic E-state index is -0.720. The summed E-state index contributed by atoms with van der Waals surface area (Å²) < 4.78 is 0. The Hall–Kier alpha value is -0.770. The van der Waals surface area contributed by atoms with Crippen molar-refractivity contribution in [1.29, 1.82) is 0 Å². The average molecular weight is 314 g/mol. The van der Waals surface area contributed by atoms with Crippen LogP contribution in [0.2, 0.25) is 10.0 Å². The fourth-order valence-corrected chi connectivity index (χ4v) is 4.30. The number of halogens is 2. The van der Waals surface area contributed by atoms with Crippen molar-refractivity contribution >= 4 is 29.2 Å². The minimum Gasteiger partial charge on any atom is -0.480 e. The molecule has 1 heterocycles. The highest BCUT2D eigenvalue weighted by Crippen LogP contribution is 2.43. The van der Waals surface area contributed by atoms with Crippen molar-refractivity contribution in [1.82, 2.24) is 4.90 Å². The largest absolute Gasteiger partial charge is 0.480 e. The smallest absolute Gasteiger partial charge is 0.321 e. The van der Waals surface area contributed by atoms with Gasteiger partial charge in [-0.1, -0.05) is 35.7 Å². The van der Waals surface area contributed by atoms with E-state index in [4.69, 9.17) is 23.2 Å². The van der Waals surface area contributed by atoms with Crippen molar-refractivity contribution in [2.45, 2.75) is 31.8 Å². The van der Waals surface area contributed by atoms with Crippen LogP contribution in [0.15, 0.2) is 18.2 Å². The summed E-state index contributed by atoms with van der Waals surface area (Å²) in [5.74, 6) is 0.0775. The second-order valence-electron chi connectivity index (χ2n) is 5.77. The van der Waals surface area contributed by atoms with Crippen molar-refractivity contribution in [3.63, 3.8) is 0 Å². The topological polar surface area (TPSA) is 40.5 Å². The first-order chi connectivity index (χ1) is 9.58. The molecular formula is C15H17Cl2NO2. The predicted octanol–water partition coefficient (Wildman–Crippen LogP) is 3.68. The van der Waals surface area contributed by atoms with E-state index in [1.54, 1.807) is 12.1 Å². The lowest BCUT2D eigenvalue weighted by Gasteiger charge is -2.25. The summed E-state index contributed by atoms with van der Waals surface area (Å²) in [6.45, 7) is 1.35. The molecule has 1 aliphatic carbocycles. The molecule has 1 saturated heterocycles. The number of aliphatic carboxylic acids is 1. The molecule has 1 saturated carbocycles. The number of carboxylic acid groups (broad SMARTS) is 1. The van der Waals surface area contributed by atoms with Gasteiger partial charge in [0.05, 0.1) is 0 Å². The Morgan fingerprint density at radius 2 is 2.00 bits per heavy atom. The van der Waals surface area contributed by atoms with Gasteiger partial charge in [0.15, 0.2) is 0 Å². The van der Waals surface area contributed by atoms with Gasteiger partial charge in [-0.3, -0.25) is 9.69 Å². The van der Waals surface area contributed by atoms with E-state index in [0.717, 1.165) is 31.4 Å². The van der Waals surface area contributed by atoms with Crippen LogP contribution in [0, 0.1) is 11.8 Å². The van der Waals surface area contributed by atoms with Gasteiger partial charge >= 0.3 is 5.97 Å². The molecule has 1 N–H and O–H groups in total. The predicted molar refractivity (Wildman–Crippen MR) is 79.1 cm³/mol. The summed E-state index contributed by atoms with van der Waals surface area (Å²) in [7, 11) is 0.